The monoisotopic (exact) mass is 427 g/mol. The number of carbonyl (C=O) groups is 1. The van der Waals surface area contributed by atoms with Crippen LogP contribution < -0.4 is 0 Å². The fourth-order valence-electron chi connectivity index (χ4n) is 3.72. The molecular formula is C22H29N5O4. The van der Waals surface area contributed by atoms with Crippen molar-refractivity contribution in [2.24, 2.45) is 0 Å². The average Bonchev–Trinajstić information content (AvgIpc) is 3.34. The Morgan fingerprint density at radius 3 is 2.61 bits per heavy atom. The van der Waals surface area contributed by atoms with Crippen molar-refractivity contribution < 1.29 is 19.2 Å². The molecule has 1 aliphatic heterocycles. The van der Waals surface area contributed by atoms with E-state index in [1.807, 2.05) is 49.8 Å². The first kappa shape index (κ1) is 21.3. The van der Waals surface area contributed by atoms with Crippen LogP contribution in [0.2, 0.25) is 0 Å². The topological polar surface area (TPSA) is 107 Å². The molecule has 0 unspecified atom stereocenters. The van der Waals surface area contributed by atoms with Gasteiger partial charge in [0, 0.05) is 42.9 Å². The van der Waals surface area contributed by atoms with Crippen molar-refractivity contribution in [3.63, 3.8) is 0 Å². The van der Waals surface area contributed by atoms with E-state index in [0.29, 0.717) is 31.8 Å². The molecule has 0 bridgehead atoms. The van der Waals surface area contributed by atoms with Crippen molar-refractivity contribution in [2.45, 2.75) is 64.7 Å². The zero-order valence-electron chi connectivity index (χ0n) is 18.6. The van der Waals surface area contributed by atoms with Gasteiger partial charge < -0.3 is 19.3 Å². The number of fused-ring (bicyclic) bond motifs is 1. The second-order valence-electron chi connectivity index (χ2n) is 9.38. The van der Waals surface area contributed by atoms with Crippen LogP contribution in [0.3, 0.4) is 0 Å². The second-order valence-corrected chi connectivity index (χ2v) is 9.38. The molecule has 166 valence electrons. The summed E-state index contributed by atoms with van der Waals surface area (Å²) in [7, 11) is 0. The van der Waals surface area contributed by atoms with Crippen molar-refractivity contribution in [2.75, 3.05) is 13.1 Å². The molecule has 3 heterocycles. The number of hydrogen-bond acceptors (Lipinski definition) is 7. The van der Waals surface area contributed by atoms with Gasteiger partial charge in [0.2, 0.25) is 5.82 Å². The molecule has 4 rings (SSSR count). The molecule has 0 radical (unpaired) electrons. The molecule has 31 heavy (non-hydrogen) atoms. The van der Waals surface area contributed by atoms with Crippen LogP contribution in [-0.4, -0.2) is 54.7 Å². The van der Waals surface area contributed by atoms with E-state index in [1.54, 1.807) is 4.90 Å². The Balaban J connectivity index is 1.51. The van der Waals surface area contributed by atoms with E-state index in [1.165, 1.54) is 0 Å². The van der Waals surface area contributed by atoms with Crippen LogP contribution in [0.25, 0.3) is 22.3 Å². The van der Waals surface area contributed by atoms with E-state index < -0.39 is 11.2 Å². The molecule has 1 aromatic carbocycles. The van der Waals surface area contributed by atoms with E-state index in [4.69, 9.17) is 9.26 Å². The lowest BCUT2D eigenvalue weighted by Gasteiger charge is -2.36. The zero-order valence-corrected chi connectivity index (χ0v) is 18.6. The van der Waals surface area contributed by atoms with Crippen molar-refractivity contribution in [1.82, 2.24) is 24.8 Å². The van der Waals surface area contributed by atoms with Crippen molar-refractivity contribution in [1.29, 1.82) is 0 Å². The molecule has 0 saturated carbocycles. The minimum absolute atomic E-state index is 0.170. The van der Waals surface area contributed by atoms with Gasteiger partial charge in [-0.2, -0.15) is 10.1 Å². The van der Waals surface area contributed by atoms with Gasteiger partial charge in [0.05, 0.1) is 11.7 Å². The summed E-state index contributed by atoms with van der Waals surface area (Å²) in [4.78, 5) is 18.3. The number of carbonyl (C=O) groups excluding carboxylic acids is 1. The highest BCUT2D eigenvalue weighted by molar-refractivity contribution is 5.83. The van der Waals surface area contributed by atoms with E-state index >= 15 is 0 Å². The Kier molecular flexibility index (Phi) is 5.25. The smallest absolute Gasteiger partial charge is 0.410 e. The molecular weight excluding hydrogens is 398 g/mol. The van der Waals surface area contributed by atoms with Gasteiger partial charge in [-0.3, -0.25) is 4.68 Å². The van der Waals surface area contributed by atoms with Crippen LogP contribution in [0.5, 0.6) is 0 Å². The summed E-state index contributed by atoms with van der Waals surface area (Å²) >= 11 is 0. The van der Waals surface area contributed by atoms with E-state index in [-0.39, 0.29) is 18.0 Å². The molecule has 0 aliphatic carbocycles. The van der Waals surface area contributed by atoms with Crippen LogP contribution in [0.1, 0.15) is 59.4 Å². The fourth-order valence-corrected chi connectivity index (χ4v) is 3.72. The number of benzene rings is 1. The van der Waals surface area contributed by atoms with Gasteiger partial charge in [0.1, 0.15) is 11.2 Å². The van der Waals surface area contributed by atoms with Crippen LogP contribution in [0.15, 0.2) is 28.9 Å². The maximum absolute atomic E-state index is 12.3. The fraction of sp³-hybridized carbons (Fsp3) is 0.545. The number of amides is 1. The number of likely N-dealkylation sites (tertiary alicyclic amines) is 1. The molecule has 0 spiro atoms. The van der Waals surface area contributed by atoms with Crippen molar-refractivity contribution >= 4 is 17.0 Å². The largest absolute Gasteiger partial charge is 0.444 e. The number of aliphatic hydroxyl groups is 1. The lowest BCUT2D eigenvalue weighted by molar-refractivity contribution is -0.0540. The normalized spacial score (nSPS) is 16.8. The minimum atomic E-state index is -1.27. The highest BCUT2D eigenvalue weighted by atomic mass is 16.6. The molecule has 1 N–H and O–H groups in total. The predicted octanol–water partition coefficient (Wildman–Crippen LogP) is 3.89. The molecule has 9 nitrogen and oxygen atoms in total. The summed E-state index contributed by atoms with van der Waals surface area (Å²) in [5.74, 6) is 0.584. The predicted molar refractivity (Wildman–Crippen MR) is 114 cm³/mol. The Morgan fingerprint density at radius 1 is 1.26 bits per heavy atom. The Labute approximate surface area is 181 Å². The number of aromatic nitrogens is 4. The highest BCUT2D eigenvalue weighted by Crippen LogP contribution is 2.34. The van der Waals surface area contributed by atoms with Gasteiger partial charge in [-0.1, -0.05) is 17.3 Å². The first-order chi connectivity index (χ1) is 14.6. The van der Waals surface area contributed by atoms with Gasteiger partial charge in [0.25, 0.3) is 5.89 Å². The third kappa shape index (κ3) is 4.27. The lowest BCUT2D eigenvalue weighted by Crippen LogP contribution is -2.47. The third-order valence-electron chi connectivity index (χ3n) is 5.41. The molecule has 2 aromatic heterocycles. The maximum atomic E-state index is 12.3. The summed E-state index contributed by atoms with van der Waals surface area (Å²) in [5, 5.41) is 20.7. The van der Waals surface area contributed by atoms with Gasteiger partial charge in [-0.25, -0.2) is 4.79 Å². The van der Waals surface area contributed by atoms with E-state index in [2.05, 4.69) is 29.1 Å². The quantitative estimate of drug-likeness (QED) is 0.676. The van der Waals surface area contributed by atoms with Crippen molar-refractivity contribution in [3.05, 3.63) is 30.3 Å². The zero-order chi connectivity index (χ0) is 22.4. The Hall–Kier alpha value is -2.94. The first-order valence-electron chi connectivity index (χ1n) is 10.6. The Morgan fingerprint density at radius 2 is 1.97 bits per heavy atom. The molecule has 3 aromatic rings. The number of rotatable bonds is 3. The summed E-state index contributed by atoms with van der Waals surface area (Å²) in [6.07, 6.45) is 2.05. The van der Waals surface area contributed by atoms with Crippen LogP contribution >= 0.6 is 0 Å². The van der Waals surface area contributed by atoms with E-state index in [9.17, 15) is 9.90 Å². The maximum Gasteiger partial charge on any atom is 0.410 e. The van der Waals surface area contributed by atoms with Gasteiger partial charge >= 0.3 is 6.09 Å². The van der Waals surface area contributed by atoms with Crippen LogP contribution in [-0.2, 0) is 10.3 Å². The number of piperidine rings is 1. The van der Waals surface area contributed by atoms with Gasteiger partial charge in [-0.05, 0) is 40.7 Å². The van der Waals surface area contributed by atoms with Crippen molar-refractivity contribution in [3.8, 4) is 11.4 Å². The highest BCUT2D eigenvalue weighted by Gasteiger charge is 2.41. The van der Waals surface area contributed by atoms with Crippen LogP contribution in [0, 0.1) is 0 Å². The number of hydrogen-bond donors (Lipinski definition) is 1. The molecule has 9 heteroatoms. The summed E-state index contributed by atoms with van der Waals surface area (Å²) in [5.41, 5.74) is -0.0471. The number of nitrogens with zero attached hydrogens (tertiary/aromatic N) is 5. The first-order valence-corrected chi connectivity index (χ1v) is 10.6. The third-order valence-corrected chi connectivity index (χ3v) is 5.41. The molecule has 1 aliphatic rings. The second kappa shape index (κ2) is 7.64. The van der Waals surface area contributed by atoms with Gasteiger partial charge in [0.15, 0.2) is 0 Å². The summed E-state index contributed by atoms with van der Waals surface area (Å²) in [6, 6.07) is 6.09. The molecule has 0 atom stereocenters. The molecule has 1 amide bonds. The molecule has 1 saturated heterocycles. The minimum Gasteiger partial charge on any atom is -0.444 e. The lowest BCUT2D eigenvalue weighted by atomic mass is 9.91. The van der Waals surface area contributed by atoms with Gasteiger partial charge in [-0.15, -0.1) is 0 Å². The van der Waals surface area contributed by atoms with E-state index in [0.717, 1.165) is 16.5 Å². The standard InChI is InChI=1S/C22H29N5O4/c1-14(2)27-17-12-15(6-7-16(17)13-23-27)18-24-19(31-25-18)22(29)8-10-26(11-9-22)20(28)30-21(3,4)5/h6-7,12-14,29H,8-11H2,1-5H3. The summed E-state index contributed by atoms with van der Waals surface area (Å²) in [6.45, 7) is 10.3. The summed E-state index contributed by atoms with van der Waals surface area (Å²) < 4.78 is 12.8. The molecule has 1 fully saturated rings. The average molecular weight is 428 g/mol. The van der Waals surface area contributed by atoms with Crippen LogP contribution in [0.4, 0.5) is 4.79 Å². The Bertz CT molecular complexity index is 1090. The number of ether oxygens (including phenoxy) is 1. The SMILES string of the molecule is CC(C)n1ncc2ccc(-c3noc(C4(O)CCN(C(=O)OC(C)(C)C)CC4)n3)cc21.